The van der Waals surface area contributed by atoms with Gasteiger partial charge in [0, 0.05) is 30.9 Å². The lowest BCUT2D eigenvalue weighted by atomic mass is 10.3. The Hall–Kier alpha value is -1.80. The molecule has 0 unspecified atom stereocenters. The Labute approximate surface area is 115 Å². The van der Waals surface area contributed by atoms with Crippen LogP contribution in [-0.4, -0.2) is 18.2 Å². The first-order valence-electron chi connectivity index (χ1n) is 5.73. The maximum Gasteiger partial charge on any atom is 0.243 e. The van der Waals surface area contributed by atoms with Gasteiger partial charge in [0.1, 0.15) is 16.5 Å². The third-order valence-corrected chi connectivity index (χ3v) is 4.41. The third kappa shape index (κ3) is 2.86. The SMILES string of the molecule is Cc1c(CNS(=O)(=O)c2ccc(F)cc2F)cnn1C. The summed E-state index contributed by atoms with van der Waals surface area (Å²) in [6, 6.07) is 2.32. The molecule has 1 heterocycles. The van der Waals surface area contributed by atoms with Crippen molar-refractivity contribution in [3.63, 3.8) is 0 Å². The van der Waals surface area contributed by atoms with Crippen LogP contribution in [0.15, 0.2) is 29.3 Å². The first-order valence-corrected chi connectivity index (χ1v) is 7.22. The van der Waals surface area contributed by atoms with Gasteiger partial charge in [0.2, 0.25) is 10.0 Å². The molecule has 2 aromatic rings. The summed E-state index contributed by atoms with van der Waals surface area (Å²) in [4.78, 5) is -0.583. The first-order chi connectivity index (χ1) is 9.31. The average Bonchev–Trinajstić information content (AvgIpc) is 2.67. The Morgan fingerprint density at radius 1 is 1.35 bits per heavy atom. The summed E-state index contributed by atoms with van der Waals surface area (Å²) < 4.78 is 54.0. The van der Waals surface area contributed by atoms with Gasteiger partial charge in [-0.05, 0) is 19.1 Å². The number of halogens is 2. The Morgan fingerprint density at radius 2 is 2.05 bits per heavy atom. The third-order valence-electron chi connectivity index (χ3n) is 2.97. The van der Waals surface area contributed by atoms with E-state index in [1.165, 1.54) is 6.20 Å². The summed E-state index contributed by atoms with van der Waals surface area (Å²) in [7, 11) is -2.31. The Balaban J connectivity index is 2.21. The van der Waals surface area contributed by atoms with Crippen LogP contribution >= 0.6 is 0 Å². The van der Waals surface area contributed by atoms with E-state index in [-0.39, 0.29) is 6.54 Å². The summed E-state index contributed by atoms with van der Waals surface area (Å²) in [5.41, 5.74) is 1.48. The van der Waals surface area contributed by atoms with E-state index in [1.54, 1.807) is 18.7 Å². The number of benzene rings is 1. The smallest absolute Gasteiger partial charge is 0.243 e. The van der Waals surface area contributed by atoms with Crippen LogP contribution in [0.5, 0.6) is 0 Å². The molecule has 0 bridgehead atoms. The number of aromatic nitrogens is 2. The van der Waals surface area contributed by atoms with Crippen LogP contribution in [0.25, 0.3) is 0 Å². The molecule has 0 saturated heterocycles. The van der Waals surface area contributed by atoms with E-state index < -0.39 is 26.6 Å². The summed E-state index contributed by atoms with van der Waals surface area (Å²) in [5, 5.41) is 3.98. The molecule has 0 aliphatic heterocycles. The van der Waals surface area contributed by atoms with Gasteiger partial charge in [-0.25, -0.2) is 21.9 Å². The topological polar surface area (TPSA) is 64.0 Å². The molecule has 0 fully saturated rings. The van der Waals surface area contributed by atoms with E-state index in [0.717, 1.165) is 17.8 Å². The fourth-order valence-electron chi connectivity index (χ4n) is 1.66. The van der Waals surface area contributed by atoms with E-state index in [1.807, 2.05) is 0 Å². The monoisotopic (exact) mass is 301 g/mol. The van der Waals surface area contributed by atoms with Crippen molar-refractivity contribution in [1.82, 2.24) is 14.5 Å². The van der Waals surface area contributed by atoms with Crippen LogP contribution in [0, 0.1) is 18.6 Å². The minimum atomic E-state index is -4.04. The van der Waals surface area contributed by atoms with Crippen molar-refractivity contribution in [2.45, 2.75) is 18.4 Å². The van der Waals surface area contributed by atoms with Crippen molar-refractivity contribution in [1.29, 1.82) is 0 Å². The molecule has 5 nitrogen and oxygen atoms in total. The molecule has 1 N–H and O–H groups in total. The quantitative estimate of drug-likeness (QED) is 0.930. The van der Waals surface area contributed by atoms with E-state index >= 15 is 0 Å². The number of hydrogen-bond donors (Lipinski definition) is 1. The lowest BCUT2D eigenvalue weighted by Crippen LogP contribution is -2.24. The molecular formula is C12H13F2N3O2S. The van der Waals surface area contributed by atoms with Gasteiger partial charge >= 0.3 is 0 Å². The predicted octanol–water partition coefficient (Wildman–Crippen LogP) is 1.49. The second-order valence-corrected chi connectivity index (χ2v) is 6.01. The molecule has 0 atom stereocenters. The van der Waals surface area contributed by atoms with Gasteiger partial charge in [-0.2, -0.15) is 5.10 Å². The van der Waals surface area contributed by atoms with E-state index in [0.29, 0.717) is 11.6 Å². The second-order valence-electron chi connectivity index (χ2n) is 4.28. The van der Waals surface area contributed by atoms with E-state index in [9.17, 15) is 17.2 Å². The summed E-state index contributed by atoms with van der Waals surface area (Å²) in [6.07, 6.45) is 1.53. The Kier molecular flexibility index (Phi) is 3.87. The van der Waals surface area contributed by atoms with Gasteiger partial charge in [0.25, 0.3) is 0 Å². The minimum absolute atomic E-state index is 0.0151. The minimum Gasteiger partial charge on any atom is -0.273 e. The average molecular weight is 301 g/mol. The zero-order valence-corrected chi connectivity index (χ0v) is 11.7. The molecule has 0 saturated carbocycles. The molecule has 20 heavy (non-hydrogen) atoms. The lowest BCUT2D eigenvalue weighted by Gasteiger charge is -2.07. The van der Waals surface area contributed by atoms with Gasteiger partial charge in [-0.1, -0.05) is 0 Å². The van der Waals surface area contributed by atoms with Crippen LogP contribution in [0.3, 0.4) is 0 Å². The molecule has 2 rings (SSSR count). The second kappa shape index (κ2) is 5.29. The molecule has 1 aromatic carbocycles. The summed E-state index contributed by atoms with van der Waals surface area (Å²) >= 11 is 0. The molecule has 0 amide bonds. The van der Waals surface area contributed by atoms with E-state index in [4.69, 9.17) is 0 Å². The number of aryl methyl sites for hydroxylation is 1. The van der Waals surface area contributed by atoms with Gasteiger partial charge < -0.3 is 0 Å². The van der Waals surface area contributed by atoms with Crippen LogP contribution in [0.2, 0.25) is 0 Å². The Bertz CT molecular complexity index is 741. The number of rotatable bonds is 4. The van der Waals surface area contributed by atoms with Crippen molar-refractivity contribution in [2.75, 3.05) is 0 Å². The zero-order chi connectivity index (χ0) is 14.9. The normalized spacial score (nSPS) is 11.8. The van der Waals surface area contributed by atoms with E-state index in [2.05, 4.69) is 9.82 Å². The number of sulfonamides is 1. The zero-order valence-electron chi connectivity index (χ0n) is 10.9. The van der Waals surface area contributed by atoms with Crippen LogP contribution in [0.1, 0.15) is 11.3 Å². The van der Waals surface area contributed by atoms with Crippen molar-refractivity contribution in [3.05, 3.63) is 47.3 Å². The molecule has 108 valence electrons. The summed E-state index contributed by atoms with van der Waals surface area (Å²) in [5.74, 6) is -1.95. The van der Waals surface area contributed by atoms with Crippen LogP contribution < -0.4 is 4.72 Å². The Morgan fingerprint density at radius 3 is 2.60 bits per heavy atom. The van der Waals surface area contributed by atoms with Crippen molar-refractivity contribution >= 4 is 10.0 Å². The number of hydrogen-bond acceptors (Lipinski definition) is 3. The largest absolute Gasteiger partial charge is 0.273 e. The maximum atomic E-state index is 13.5. The standard InChI is InChI=1S/C12H13F2N3O2S/c1-8-9(6-15-17(8)2)7-16-20(18,19)12-4-3-10(13)5-11(12)14/h3-6,16H,7H2,1-2H3. The fraction of sp³-hybridized carbons (Fsp3) is 0.250. The fourth-order valence-corrected chi connectivity index (χ4v) is 2.73. The molecule has 1 aromatic heterocycles. The number of nitrogens with one attached hydrogen (secondary N) is 1. The molecular weight excluding hydrogens is 288 g/mol. The van der Waals surface area contributed by atoms with Gasteiger partial charge in [-0.3, -0.25) is 4.68 Å². The highest BCUT2D eigenvalue weighted by Crippen LogP contribution is 2.16. The first kappa shape index (κ1) is 14.6. The van der Waals surface area contributed by atoms with Gasteiger partial charge in [0.05, 0.1) is 6.20 Å². The van der Waals surface area contributed by atoms with Crippen molar-refractivity contribution in [2.24, 2.45) is 7.05 Å². The van der Waals surface area contributed by atoms with Crippen molar-refractivity contribution < 1.29 is 17.2 Å². The molecule has 8 heteroatoms. The van der Waals surface area contributed by atoms with Gasteiger partial charge in [0.15, 0.2) is 0 Å². The van der Waals surface area contributed by atoms with Crippen LogP contribution in [0.4, 0.5) is 8.78 Å². The molecule has 0 aliphatic rings. The van der Waals surface area contributed by atoms with Crippen LogP contribution in [-0.2, 0) is 23.6 Å². The molecule has 0 aliphatic carbocycles. The van der Waals surface area contributed by atoms with Crippen molar-refractivity contribution in [3.8, 4) is 0 Å². The maximum absolute atomic E-state index is 13.5. The number of nitrogens with zero attached hydrogens (tertiary/aromatic N) is 2. The predicted molar refractivity (Wildman–Crippen MR) is 68.3 cm³/mol. The molecule has 0 radical (unpaired) electrons. The lowest BCUT2D eigenvalue weighted by molar-refractivity contribution is 0.543. The van der Waals surface area contributed by atoms with Gasteiger partial charge in [-0.15, -0.1) is 0 Å². The highest BCUT2D eigenvalue weighted by Gasteiger charge is 2.19. The highest BCUT2D eigenvalue weighted by molar-refractivity contribution is 7.89. The molecule has 0 spiro atoms. The highest BCUT2D eigenvalue weighted by atomic mass is 32.2. The summed E-state index contributed by atoms with van der Waals surface area (Å²) in [6.45, 7) is 1.77.